The highest BCUT2D eigenvalue weighted by atomic mass is 16.6. The number of hydrogen-bond acceptors (Lipinski definition) is 6. The summed E-state index contributed by atoms with van der Waals surface area (Å²) in [4.78, 5) is 17.9. The van der Waals surface area contributed by atoms with E-state index in [1.54, 1.807) is 20.3 Å². The molecule has 0 atom stereocenters. The fraction of sp³-hybridized carbons (Fsp3) is 0.133. The van der Waals surface area contributed by atoms with Gasteiger partial charge in [0.2, 0.25) is 0 Å². The Morgan fingerprint density at radius 2 is 1.42 bits per heavy atom. The van der Waals surface area contributed by atoms with Crippen LogP contribution in [0.15, 0.2) is 91.0 Å². The number of fused-ring (bicyclic) bond motifs is 2. The molecule has 4 aromatic carbocycles. The Kier molecular flexibility index (Phi) is 6.67. The van der Waals surface area contributed by atoms with E-state index < -0.39 is 5.97 Å². The lowest BCUT2D eigenvalue weighted by Gasteiger charge is -2.12. The van der Waals surface area contributed by atoms with Crippen molar-refractivity contribution < 1.29 is 23.7 Å². The zero-order valence-electron chi connectivity index (χ0n) is 20.1. The summed E-state index contributed by atoms with van der Waals surface area (Å²) in [7, 11) is 3.27. The van der Waals surface area contributed by atoms with Crippen LogP contribution in [0.1, 0.15) is 10.4 Å². The van der Waals surface area contributed by atoms with Gasteiger partial charge in [-0.25, -0.2) is 9.78 Å². The molecule has 0 bridgehead atoms. The van der Waals surface area contributed by atoms with E-state index in [9.17, 15) is 4.79 Å². The molecule has 180 valence electrons. The number of ether oxygens (including phenoxy) is 4. The highest BCUT2D eigenvalue weighted by Gasteiger charge is 2.15. The molecular weight excluding hydrogens is 454 g/mol. The van der Waals surface area contributed by atoms with Gasteiger partial charge in [0, 0.05) is 10.9 Å². The van der Waals surface area contributed by atoms with E-state index >= 15 is 0 Å². The molecule has 0 saturated carbocycles. The average molecular weight is 480 g/mol. The Bertz CT molecular complexity index is 1530. The molecule has 0 aliphatic carbocycles. The Hall–Kier alpha value is -4.58. The summed E-state index contributed by atoms with van der Waals surface area (Å²) in [6.45, 7) is 0.358. The second-order valence-corrected chi connectivity index (χ2v) is 8.16. The number of carbonyl (C=O) groups excluding carboxylic acids is 1. The molecule has 0 spiro atoms. The molecule has 5 aromatic rings. The summed E-state index contributed by atoms with van der Waals surface area (Å²) < 4.78 is 21.7. The maximum Gasteiger partial charge on any atom is 0.339 e. The number of rotatable bonds is 8. The number of hydrogen-bond donors (Lipinski definition) is 0. The van der Waals surface area contributed by atoms with Gasteiger partial charge < -0.3 is 18.9 Å². The summed E-state index contributed by atoms with van der Waals surface area (Å²) in [5.74, 6) is 1.82. The van der Waals surface area contributed by atoms with Crippen LogP contribution in [0.5, 0.6) is 17.2 Å². The van der Waals surface area contributed by atoms with Crippen LogP contribution < -0.4 is 14.2 Å². The van der Waals surface area contributed by atoms with Gasteiger partial charge in [-0.2, -0.15) is 0 Å². The van der Waals surface area contributed by atoms with Crippen molar-refractivity contribution in [2.75, 3.05) is 27.4 Å². The maximum absolute atomic E-state index is 13.1. The van der Waals surface area contributed by atoms with Crippen molar-refractivity contribution in [1.29, 1.82) is 0 Å². The van der Waals surface area contributed by atoms with E-state index in [2.05, 4.69) is 6.07 Å². The number of para-hydroxylation sites is 1. The van der Waals surface area contributed by atoms with Crippen LogP contribution in [0, 0.1) is 0 Å². The molecule has 6 heteroatoms. The summed E-state index contributed by atoms with van der Waals surface area (Å²) in [6.07, 6.45) is 0. The summed E-state index contributed by atoms with van der Waals surface area (Å²) in [5, 5.41) is 2.87. The van der Waals surface area contributed by atoms with Crippen molar-refractivity contribution in [3.8, 4) is 28.5 Å². The van der Waals surface area contributed by atoms with Crippen LogP contribution in [0.25, 0.3) is 32.9 Å². The Labute approximate surface area is 209 Å². The third-order valence-corrected chi connectivity index (χ3v) is 5.92. The van der Waals surface area contributed by atoms with Gasteiger partial charge in [-0.15, -0.1) is 0 Å². The first-order valence-corrected chi connectivity index (χ1v) is 11.6. The lowest BCUT2D eigenvalue weighted by molar-refractivity contribution is 0.0452. The zero-order chi connectivity index (χ0) is 24.9. The van der Waals surface area contributed by atoms with Crippen LogP contribution in [0.2, 0.25) is 0 Å². The molecule has 0 radical (unpaired) electrons. The number of pyridine rings is 1. The molecule has 0 fully saturated rings. The van der Waals surface area contributed by atoms with Gasteiger partial charge in [0.25, 0.3) is 0 Å². The number of benzene rings is 4. The van der Waals surface area contributed by atoms with Gasteiger partial charge in [-0.1, -0.05) is 36.4 Å². The Morgan fingerprint density at radius 1 is 0.722 bits per heavy atom. The van der Waals surface area contributed by atoms with Gasteiger partial charge in [0.05, 0.1) is 31.0 Å². The standard InChI is InChI=1S/C30H25NO5/c1-33-23-11-13-24(14-12-23)35-15-16-36-30(32)27-19-29(31-28-6-4-3-5-26(27)28)22-8-7-21-18-25(34-2)10-9-20(21)17-22/h3-14,17-19H,15-16H2,1-2H3. The van der Waals surface area contributed by atoms with E-state index in [1.807, 2.05) is 78.9 Å². The SMILES string of the molecule is COc1ccc(OCCOC(=O)c2cc(-c3ccc4cc(OC)ccc4c3)nc3ccccc23)cc1. The lowest BCUT2D eigenvalue weighted by atomic mass is 10.0. The Morgan fingerprint density at radius 3 is 2.22 bits per heavy atom. The van der Waals surface area contributed by atoms with Crippen molar-refractivity contribution in [2.45, 2.75) is 0 Å². The predicted octanol–water partition coefficient (Wildman–Crippen LogP) is 6.31. The predicted molar refractivity (Wildman–Crippen MR) is 140 cm³/mol. The third-order valence-electron chi connectivity index (χ3n) is 5.92. The molecule has 0 unspecified atom stereocenters. The molecule has 36 heavy (non-hydrogen) atoms. The largest absolute Gasteiger partial charge is 0.497 e. The monoisotopic (exact) mass is 479 g/mol. The summed E-state index contributed by atoms with van der Waals surface area (Å²) in [5.41, 5.74) is 2.81. The average Bonchev–Trinajstić information content (AvgIpc) is 2.94. The maximum atomic E-state index is 13.1. The van der Waals surface area contributed by atoms with Crippen LogP contribution in [-0.2, 0) is 4.74 Å². The van der Waals surface area contributed by atoms with Crippen LogP contribution in [0.4, 0.5) is 0 Å². The van der Waals surface area contributed by atoms with E-state index in [4.69, 9.17) is 23.9 Å². The minimum absolute atomic E-state index is 0.120. The van der Waals surface area contributed by atoms with E-state index in [1.165, 1.54) is 0 Å². The minimum Gasteiger partial charge on any atom is -0.497 e. The van der Waals surface area contributed by atoms with Crippen LogP contribution >= 0.6 is 0 Å². The van der Waals surface area contributed by atoms with Gasteiger partial charge in [-0.05, 0) is 65.4 Å². The molecule has 6 nitrogen and oxygen atoms in total. The first-order chi connectivity index (χ1) is 17.6. The van der Waals surface area contributed by atoms with Crippen molar-refractivity contribution in [3.05, 3.63) is 96.6 Å². The van der Waals surface area contributed by atoms with Gasteiger partial charge in [0.1, 0.15) is 30.5 Å². The van der Waals surface area contributed by atoms with Crippen molar-refractivity contribution in [2.24, 2.45) is 0 Å². The minimum atomic E-state index is -0.418. The molecule has 1 aromatic heterocycles. The van der Waals surface area contributed by atoms with Gasteiger partial charge in [-0.3, -0.25) is 0 Å². The topological polar surface area (TPSA) is 66.9 Å². The fourth-order valence-electron chi connectivity index (χ4n) is 4.05. The normalized spacial score (nSPS) is 10.8. The number of esters is 1. The molecule has 0 aliphatic rings. The molecule has 0 aliphatic heterocycles. The summed E-state index contributed by atoms with van der Waals surface area (Å²) in [6, 6.07) is 28.6. The van der Waals surface area contributed by atoms with E-state index in [0.717, 1.165) is 38.7 Å². The molecule has 0 N–H and O–H groups in total. The first-order valence-electron chi connectivity index (χ1n) is 11.6. The van der Waals surface area contributed by atoms with Crippen molar-refractivity contribution in [1.82, 2.24) is 4.98 Å². The fourth-order valence-corrected chi connectivity index (χ4v) is 4.05. The zero-order valence-corrected chi connectivity index (χ0v) is 20.1. The smallest absolute Gasteiger partial charge is 0.339 e. The van der Waals surface area contributed by atoms with E-state index in [-0.39, 0.29) is 13.2 Å². The van der Waals surface area contributed by atoms with Crippen molar-refractivity contribution >= 4 is 27.6 Å². The first kappa shape index (κ1) is 23.2. The molecule has 5 rings (SSSR count). The third kappa shape index (κ3) is 4.93. The number of carbonyl (C=O) groups is 1. The molecule has 0 saturated heterocycles. The summed E-state index contributed by atoms with van der Waals surface area (Å²) >= 11 is 0. The van der Waals surface area contributed by atoms with Gasteiger partial charge >= 0.3 is 5.97 Å². The van der Waals surface area contributed by atoms with Crippen molar-refractivity contribution in [3.63, 3.8) is 0 Å². The van der Waals surface area contributed by atoms with Crippen LogP contribution in [0.3, 0.4) is 0 Å². The van der Waals surface area contributed by atoms with E-state index in [0.29, 0.717) is 17.0 Å². The second-order valence-electron chi connectivity index (χ2n) is 8.16. The quantitative estimate of drug-likeness (QED) is 0.192. The highest BCUT2D eigenvalue weighted by molar-refractivity contribution is 6.04. The number of nitrogens with zero attached hydrogens (tertiary/aromatic N) is 1. The lowest BCUT2D eigenvalue weighted by Crippen LogP contribution is -2.13. The molecule has 0 amide bonds. The molecule has 1 heterocycles. The number of methoxy groups -OCH3 is 2. The molecular formula is C30H25NO5. The second kappa shape index (κ2) is 10.4. The number of aromatic nitrogens is 1. The van der Waals surface area contributed by atoms with Gasteiger partial charge in [0.15, 0.2) is 0 Å². The highest BCUT2D eigenvalue weighted by Crippen LogP contribution is 2.29. The van der Waals surface area contributed by atoms with Crippen LogP contribution in [-0.4, -0.2) is 38.4 Å². The Balaban J connectivity index is 1.37.